The number of benzene rings is 1. The van der Waals surface area contributed by atoms with Gasteiger partial charge in [-0.3, -0.25) is 4.79 Å². The number of nitrogens with one attached hydrogen (secondary N) is 1. The first-order valence-electron chi connectivity index (χ1n) is 10.4. The lowest BCUT2D eigenvalue weighted by atomic mass is 10.0. The second-order valence-corrected chi connectivity index (χ2v) is 8.53. The average Bonchev–Trinajstić information content (AvgIpc) is 3.38. The molecule has 2 aromatic heterocycles. The minimum atomic E-state index is 0.0752. The lowest BCUT2D eigenvalue weighted by molar-refractivity contribution is -0.121. The number of carbonyl (C=O) groups excluding carboxylic acids is 1. The van der Waals surface area contributed by atoms with E-state index in [4.69, 9.17) is 9.40 Å². The van der Waals surface area contributed by atoms with Crippen LogP contribution in [0, 0.1) is 0 Å². The van der Waals surface area contributed by atoms with Crippen LogP contribution in [0.5, 0.6) is 0 Å². The zero-order valence-electron chi connectivity index (χ0n) is 16.5. The van der Waals surface area contributed by atoms with Crippen molar-refractivity contribution in [1.29, 1.82) is 0 Å². The van der Waals surface area contributed by atoms with Crippen LogP contribution in [0.4, 0.5) is 0 Å². The summed E-state index contributed by atoms with van der Waals surface area (Å²) in [5.41, 5.74) is 2.22. The van der Waals surface area contributed by atoms with E-state index < -0.39 is 0 Å². The molecule has 1 N–H and O–H groups in total. The first kappa shape index (κ1) is 19.8. The largest absolute Gasteiger partial charge is 0.421 e. The molecule has 0 aliphatic heterocycles. The third-order valence-electron chi connectivity index (χ3n) is 5.06. The number of nitrogens with zero attached hydrogens (tertiary/aromatic N) is 3. The lowest BCUT2D eigenvalue weighted by Gasteiger charge is -2.06. The van der Waals surface area contributed by atoms with E-state index in [2.05, 4.69) is 15.5 Å². The Bertz CT molecular complexity index is 912. The van der Waals surface area contributed by atoms with E-state index in [1.807, 2.05) is 41.7 Å². The standard InChI is InChI=1S/C22H26N4O2S/c27-19(23-15-7-14-21-24-17-10-4-5-11-18(17)29-21)12-6-13-20-25-26-22(28-20)16-8-2-1-3-9-16/h1-3,8-9H,4-7,10-15H2,(H,23,27). The van der Waals surface area contributed by atoms with Crippen molar-refractivity contribution in [1.82, 2.24) is 20.5 Å². The van der Waals surface area contributed by atoms with Crippen molar-refractivity contribution in [3.8, 4) is 11.5 Å². The molecule has 1 aromatic carbocycles. The van der Waals surface area contributed by atoms with Crippen LogP contribution in [0.1, 0.15) is 53.6 Å². The van der Waals surface area contributed by atoms with Crippen LogP contribution < -0.4 is 5.32 Å². The summed E-state index contributed by atoms with van der Waals surface area (Å²) in [5, 5.41) is 12.4. The van der Waals surface area contributed by atoms with E-state index in [0.717, 1.165) is 24.8 Å². The Morgan fingerprint density at radius 3 is 2.79 bits per heavy atom. The van der Waals surface area contributed by atoms with Gasteiger partial charge in [0.25, 0.3) is 0 Å². The molecular weight excluding hydrogens is 384 g/mol. The van der Waals surface area contributed by atoms with Crippen LogP contribution in [-0.4, -0.2) is 27.6 Å². The van der Waals surface area contributed by atoms with Crippen LogP contribution in [0.3, 0.4) is 0 Å². The Labute approximate surface area is 174 Å². The number of aryl methyl sites for hydroxylation is 4. The van der Waals surface area contributed by atoms with Crippen molar-refractivity contribution in [2.75, 3.05) is 6.54 Å². The van der Waals surface area contributed by atoms with E-state index in [9.17, 15) is 4.79 Å². The number of fused-ring (bicyclic) bond motifs is 1. The Balaban J connectivity index is 1.12. The van der Waals surface area contributed by atoms with Gasteiger partial charge in [-0.15, -0.1) is 21.5 Å². The minimum absolute atomic E-state index is 0.0752. The van der Waals surface area contributed by atoms with Crippen molar-refractivity contribution in [2.45, 2.75) is 57.8 Å². The summed E-state index contributed by atoms with van der Waals surface area (Å²) in [6.45, 7) is 0.696. The molecule has 4 rings (SSSR count). The van der Waals surface area contributed by atoms with Crippen LogP contribution in [0.2, 0.25) is 0 Å². The van der Waals surface area contributed by atoms with Crippen LogP contribution >= 0.6 is 11.3 Å². The molecule has 0 fully saturated rings. The van der Waals surface area contributed by atoms with Crippen molar-refractivity contribution in [3.63, 3.8) is 0 Å². The van der Waals surface area contributed by atoms with E-state index in [1.54, 1.807) is 0 Å². The van der Waals surface area contributed by atoms with Gasteiger partial charge in [-0.1, -0.05) is 18.2 Å². The number of carbonyl (C=O) groups is 1. The highest BCUT2D eigenvalue weighted by molar-refractivity contribution is 7.11. The zero-order valence-corrected chi connectivity index (χ0v) is 17.3. The minimum Gasteiger partial charge on any atom is -0.421 e. The molecule has 29 heavy (non-hydrogen) atoms. The average molecular weight is 411 g/mol. The molecule has 2 heterocycles. The van der Waals surface area contributed by atoms with Crippen LogP contribution in [0.15, 0.2) is 34.7 Å². The van der Waals surface area contributed by atoms with E-state index in [1.165, 1.54) is 34.8 Å². The molecule has 1 aliphatic rings. The summed E-state index contributed by atoms with van der Waals surface area (Å²) in [7, 11) is 0. The summed E-state index contributed by atoms with van der Waals surface area (Å²) >= 11 is 1.86. The number of aromatic nitrogens is 3. The number of hydrogen-bond acceptors (Lipinski definition) is 6. The maximum absolute atomic E-state index is 12.0. The van der Waals surface area contributed by atoms with Gasteiger partial charge in [0.05, 0.1) is 10.7 Å². The van der Waals surface area contributed by atoms with Gasteiger partial charge in [-0.05, 0) is 50.7 Å². The maximum atomic E-state index is 12.0. The monoisotopic (exact) mass is 410 g/mol. The zero-order chi connectivity index (χ0) is 19.9. The molecular formula is C22H26N4O2S. The fourth-order valence-corrected chi connectivity index (χ4v) is 4.72. The first-order valence-corrected chi connectivity index (χ1v) is 11.2. The Kier molecular flexibility index (Phi) is 6.67. The number of amides is 1. The van der Waals surface area contributed by atoms with Gasteiger partial charge < -0.3 is 9.73 Å². The molecule has 152 valence electrons. The van der Waals surface area contributed by atoms with Crippen molar-refractivity contribution < 1.29 is 9.21 Å². The highest BCUT2D eigenvalue weighted by atomic mass is 32.1. The molecule has 6 nitrogen and oxygen atoms in total. The smallest absolute Gasteiger partial charge is 0.247 e. The molecule has 0 spiro atoms. The maximum Gasteiger partial charge on any atom is 0.247 e. The van der Waals surface area contributed by atoms with Crippen molar-refractivity contribution in [3.05, 3.63) is 51.8 Å². The van der Waals surface area contributed by atoms with E-state index in [0.29, 0.717) is 37.6 Å². The summed E-state index contributed by atoms with van der Waals surface area (Å²) in [4.78, 5) is 18.3. The summed E-state index contributed by atoms with van der Waals surface area (Å²) in [6, 6.07) is 9.69. The molecule has 1 aliphatic carbocycles. The van der Waals surface area contributed by atoms with E-state index in [-0.39, 0.29) is 5.91 Å². The van der Waals surface area contributed by atoms with Gasteiger partial charge in [0.2, 0.25) is 17.7 Å². The number of rotatable bonds is 9. The topological polar surface area (TPSA) is 80.9 Å². The SMILES string of the molecule is O=C(CCCc1nnc(-c2ccccc2)o1)NCCCc1nc2c(s1)CCCC2. The van der Waals surface area contributed by atoms with Gasteiger partial charge in [0, 0.05) is 36.2 Å². The predicted octanol–water partition coefficient (Wildman–Crippen LogP) is 4.14. The van der Waals surface area contributed by atoms with Crippen molar-refractivity contribution >= 4 is 17.2 Å². The highest BCUT2D eigenvalue weighted by Gasteiger charge is 2.15. The molecule has 0 radical (unpaired) electrons. The summed E-state index contributed by atoms with van der Waals surface area (Å²) in [5.74, 6) is 1.17. The van der Waals surface area contributed by atoms with Crippen LogP contribution in [-0.2, 0) is 30.5 Å². The van der Waals surface area contributed by atoms with Gasteiger partial charge in [-0.25, -0.2) is 4.98 Å². The molecule has 0 bridgehead atoms. The van der Waals surface area contributed by atoms with Gasteiger partial charge >= 0.3 is 0 Å². The summed E-state index contributed by atoms with van der Waals surface area (Å²) in [6.07, 6.45) is 8.54. The van der Waals surface area contributed by atoms with Crippen LogP contribution in [0.25, 0.3) is 11.5 Å². The quantitative estimate of drug-likeness (QED) is 0.536. The molecule has 0 saturated carbocycles. The predicted molar refractivity (Wildman–Crippen MR) is 113 cm³/mol. The molecule has 0 atom stereocenters. The van der Waals surface area contributed by atoms with Gasteiger partial charge in [-0.2, -0.15) is 0 Å². The second kappa shape index (κ2) is 9.78. The number of thiazole rings is 1. The lowest BCUT2D eigenvalue weighted by Crippen LogP contribution is -2.24. The third-order valence-corrected chi connectivity index (χ3v) is 6.28. The third kappa shape index (κ3) is 5.50. The molecule has 0 saturated heterocycles. The fraction of sp³-hybridized carbons (Fsp3) is 0.455. The molecule has 7 heteroatoms. The Morgan fingerprint density at radius 1 is 1.07 bits per heavy atom. The second-order valence-electron chi connectivity index (χ2n) is 7.36. The molecule has 1 amide bonds. The van der Waals surface area contributed by atoms with Crippen molar-refractivity contribution in [2.24, 2.45) is 0 Å². The summed E-state index contributed by atoms with van der Waals surface area (Å²) < 4.78 is 5.67. The van der Waals surface area contributed by atoms with Gasteiger partial charge in [0.15, 0.2) is 0 Å². The molecule has 0 unspecified atom stereocenters. The highest BCUT2D eigenvalue weighted by Crippen LogP contribution is 2.27. The molecule has 3 aromatic rings. The fourth-order valence-electron chi connectivity index (χ4n) is 3.52. The van der Waals surface area contributed by atoms with Gasteiger partial charge in [0.1, 0.15) is 0 Å². The number of hydrogen-bond donors (Lipinski definition) is 1. The normalized spacial score (nSPS) is 13.2. The first-order chi connectivity index (χ1) is 14.3. The Hall–Kier alpha value is -2.54. The van der Waals surface area contributed by atoms with E-state index >= 15 is 0 Å². The Morgan fingerprint density at radius 2 is 1.93 bits per heavy atom.